The Balaban J connectivity index is 2.08. The lowest BCUT2D eigenvalue weighted by Gasteiger charge is -2.17. The number of benzene rings is 2. The highest BCUT2D eigenvalue weighted by atomic mass is 16.3. The third kappa shape index (κ3) is 3.83. The van der Waals surface area contributed by atoms with Gasteiger partial charge in [0.15, 0.2) is 0 Å². The molecule has 1 atom stereocenters. The summed E-state index contributed by atoms with van der Waals surface area (Å²) in [5, 5.41) is 12.3. The zero-order valence-corrected chi connectivity index (χ0v) is 12.0. The van der Waals surface area contributed by atoms with E-state index in [1.54, 1.807) is 18.2 Å². The summed E-state index contributed by atoms with van der Waals surface area (Å²) in [7, 11) is 0. The van der Waals surface area contributed by atoms with Gasteiger partial charge in [-0.15, -0.1) is 0 Å². The van der Waals surface area contributed by atoms with Crippen LogP contribution in [0.2, 0.25) is 0 Å². The summed E-state index contributed by atoms with van der Waals surface area (Å²) in [6, 6.07) is 14.7. The smallest absolute Gasteiger partial charge is 0.251 e. The minimum absolute atomic E-state index is 0.109. The second-order valence-corrected chi connectivity index (χ2v) is 5.06. The normalized spacial score (nSPS) is 11.9. The summed E-state index contributed by atoms with van der Waals surface area (Å²) in [6.45, 7) is 1.71. The first-order valence-electron chi connectivity index (χ1n) is 6.92. The van der Waals surface area contributed by atoms with Crippen molar-refractivity contribution in [3.8, 4) is 0 Å². The number of nitrogens with two attached hydrogens (primary N) is 1. The van der Waals surface area contributed by atoms with Gasteiger partial charge in [-0.3, -0.25) is 4.79 Å². The number of hydrogen-bond donors (Lipinski definition) is 3. The molecule has 21 heavy (non-hydrogen) atoms. The molecular formula is C17H20N2O2. The standard InChI is InChI=1S/C17H20N2O2/c1-12-15(8-5-9-16(12)18)17(21)19-14(11-20)10-13-6-3-2-4-7-13/h2-9,14,20H,10-11,18H2,1H3,(H,19,21)/t14-/m0/s1. The number of aliphatic hydroxyl groups is 1. The molecule has 4 nitrogen and oxygen atoms in total. The molecule has 2 aromatic rings. The van der Waals surface area contributed by atoms with Gasteiger partial charge in [0.2, 0.25) is 0 Å². The predicted molar refractivity (Wildman–Crippen MR) is 84.1 cm³/mol. The van der Waals surface area contributed by atoms with Crippen LogP contribution in [-0.4, -0.2) is 23.7 Å². The number of nitrogens with one attached hydrogen (secondary N) is 1. The van der Waals surface area contributed by atoms with E-state index in [9.17, 15) is 9.90 Å². The third-order valence-corrected chi connectivity index (χ3v) is 3.50. The van der Waals surface area contributed by atoms with Crippen LogP contribution in [-0.2, 0) is 6.42 Å². The van der Waals surface area contributed by atoms with Gasteiger partial charge < -0.3 is 16.2 Å². The molecule has 0 aromatic heterocycles. The van der Waals surface area contributed by atoms with Crippen molar-refractivity contribution in [2.75, 3.05) is 12.3 Å². The van der Waals surface area contributed by atoms with Gasteiger partial charge in [-0.05, 0) is 36.6 Å². The summed E-state index contributed by atoms with van der Waals surface area (Å²) >= 11 is 0. The van der Waals surface area contributed by atoms with Crippen LogP contribution >= 0.6 is 0 Å². The highest BCUT2D eigenvalue weighted by Gasteiger charge is 2.15. The topological polar surface area (TPSA) is 75.4 Å². The first-order valence-corrected chi connectivity index (χ1v) is 6.92. The molecule has 4 N–H and O–H groups in total. The quantitative estimate of drug-likeness (QED) is 0.734. The highest BCUT2D eigenvalue weighted by molar-refractivity contribution is 5.97. The van der Waals surface area contributed by atoms with Crippen molar-refractivity contribution >= 4 is 11.6 Å². The van der Waals surface area contributed by atoms with E-state index >= 15 is 0 Å². The SMILES string of the molecule is Cc1c(N)cccc1C(=O)N[C@H](CO)Cc1ccccc1. The average Bonchev–Trinajstić information content (AvgIpc) is 2.50. The monoisotopic (exact) mass is 284 g/mol. The minimum atomic E-state index is -0.319. The van der Waals surface area contributed by atoms with Crippen LogP contribution in [0.1, 0.15) is 21.5 Å². The summed E-state index contributed by atoms with van der Waals surface area (Å²) in [4.78, 5) is 12.3. The Hall–Kier alpha value is -2.33. The van der Waals surface area contributed by atoms with Gasteiger partial charge in [0.1, 0.15) is 0 Å². The maximum atomic E-state index is 12.3. The van der Waals surface area contributed by atoms with E-state index in [1.165, 1.54) is 0 Å². The molecule has 0 fully saturated rings. The third-order valence-electron chi connectivity index (χ3n) is 3.50. The maximum Gasteiger partial charge on any atom is 0.251 e. The number of carbonyl (C=O) groups excluding carboxylic acids is 1. The molecule has 0 bridgehead atoms. The van der Waals surface area contributed by atoms with Crippen LogP contribution in [0, 0.1) is 6.92 Å². The van der Waals surface area contributed by atoms with E-state index in [4.69, 9.17) is 5.73 Å². The molecule has 0 heterocycles. The summed E-state index contributed by atoms with van der Waals surface area (Å²) < 4.78 is 0. The Bertz CT molecular complexity index is 611. The number of carbonyl (C=O) groups is 1. The predicted octanol–water partition coefficient (Wildman–Crippen LogP) is 1.91. The van der Waals surface area contributed by atoms with Gasteiger partial charge in [-0.25, -0.2) is 0 Å². The van der Waals surface area contributed by atoms with Gasteiger partial charge in [-0.1, -0.05) is 36.4 Å². The van der Waals surface area contributed by atoms with Crippen molar-refractivity contribution in [1.82, 2.24) is 5.32 Å². The molecule has 2 aromatic carbocycles. The largest absolute Gasteiger partial charge is 0.398 e. The molecule has 0 aliphatic carbocycles. The van der Waals surface area contributed by atoms with Crippen LogP contribution in [0.5, 0.6) is 0 Å². The molecule has 0 saturated carbocycles. The lowest BCUT2D eigenvalue weighted by molar-refractivity contribution is 0.0916. The summed E-state index contributed by atoms with van der Waals surface area (Å²) in [5.74, 6) is -0.213. The maximum absolute atomic E-state index is 12.3. The summed E-state index contributed by atoms with van der Waals surface area (Å²) in [6.07, 6.45) is 0.588. The van der Waals surface area contributed by atoms with Gasteiger partial charge in [-0.2, -0.15) is 0 Å². The van der Waals surface area contributed by atoms with Crippen LogP contribution in [0.4, 0.5) is 5.69 Å². The van der Waals surface area contributed by atoms with Crippen molar-refractivity contribution in [3.63, 3.8) is 0 Å². The van der Waals surface area contributed by atoms with Crippen molar-refractivity contribution < 1.29 is 9.90 Å². The first-order chi connectivity index (χ1) is 10.1. The van der Waals surface area contributed by atoms with Crippen molar-refractivity contribution in [2.45, 2.75) is 19.4 Å². The Morgan fingerprint density at radius 1 is 1.19 bits per heavy atom. The number of hydrogen-bond acceptors (Lipinski definition) is 3. The molecule has 0 spiro atoms. The van der Waals surface area contributed by atoms with E-state index < -0.39 is 0 Å². The second-order valence-electron chi connectivity index (χ2n) is 5.06. The van der Waals surface area contributed by atoms with Crippen molar-refractivity contribution in [3.05, 3.63) is 65.2 Å². The van der Waals surface area contributed by atoms with Crippen molar-refractivity contribution in [1.29, 1.82) is 0 Å². The van der Waals surface area contributed by atoms with Crippen molar-refractivity contribution in [2.24, 2.45) is 0 Å². The van der Waals surface area contributed by atoms with Gasteiger partial charge in [0, 0.05) is 11.3 Å². The fourth-order valence-corrected chi connectivity index (χ4v) is 2.22. The van der Waals surface area contributed by atoms with Crippen LogP contribution < -0.4 is 11.1 Å². The Kier molecular flexibility index (Phi) is 4.95. The van der Waals surface area contributed by atoms with E-state index in [0.29, 0.717) is 17.7 Å². The van der Waals surface area contributed by atoms with Gasteiger partial charge in [0.25, 0.3) is 5.91 Å². The molecule has 0 radical (unpaired) electrons. The molecule has 0 aliphatic rings. The molecule has 0 unspecified atom stereocenters. The Labute approximate surface area is 124 Å². The van der Waals surface area contributed by atoms with Crippen LogP contribution in [0.3, 0.4) is 0 Å². The van der Waals surface area contributed by atoms with E-state index in [-0.39, 0.29) is 18.6 Å². The van der Waals surface area contributed by atoms with E-state index in [1.807, 2.05) is 37.3 Å². The van der Waals surface area contributed by atoms with Crippen LogP contribution in [0.15, 0.2) is 48.5 Å². The number of anilines is 1. The van der Waals surface area contributed by atoms with Crippen LogP contribution in [0.25, 0.3) is 0 Å². The highest BCUT2D eigenvalue weighted by Crippen LogP contribution is 2.15. The molecule has 2 rings (SSSR count). The van der Waals surface area contributed by atoms with Gasteiger partial charge in [0.05, 0.1) is 12.6 Å². The molecule has 1 amide bonds. The van der Waals surface area contributed by atoms with E-state index in [0.717, 1.165) is 11.1 Å². The Morgan fingerprint density at radius 3 is 2.57 bits per heavy atom. The molecule has 0 saturated heterocycles. The fraction of sp³-hybridized carbons (Fsp3) is 0.235. The first kappa shape index (κ1) is 15.1. The number of rotatable bonds is 5. The zero-order chi connectivity index (χ0) is 15.2. The minimum Gasteiger partial charge on any atom is -0.398 e. The lowest BCUT2D eigenvalue weighted by Crippen LogP contribution is -2.39. The fourth-order valence-electron chi connectivity index (χ4n) is 2.22. The molecule has 110 valence electrons. The average molecular weight is 284 g/mol. The number of aliphatic hydroxyl groups excluding tert-OH is 1. The zero-order valence-electron chi connectivity index (χ0n) is 12.0. The Morgan fingerprint density at radius 2 is 1.90 bits per heavy atom. The molecule has 0 aliphatic heterocycles. The number of nitrogen functional groups attached to an aromatic ring is 1. The molecule has 4 heteroatoms. The van der Waals surface area contributed by atoms with Gasteiger partial charge >= 0.3 is 0 Å². The van der Waals surface area contributed by atoms with E-state index in [2.05, 4.69) is 5.32 Å². The lowest BCUT2D eigenvalue weighted by atomic mass is 10.0. The summed E-state index contributed by atoms with van der Waals surface area (Å²) in [5.41, 5.74) is 8.77. The molecular weight excluding hydrogens is 264 g/mol. The second kappa shape index (κ2) is 6.90. The number of amides is 1.